The van der Waals surface area contributed by atoms with E-state index in [2.05, 4.69) is 13.7 Å². The van der Waals surface area contributed by atoms with Crippen LogP contribution in [0.2, 0.25) is 0 Å². The van der Waals surface area contributed by atoms with Gasteiger partial charge in [-0.05, 0) is 36.2 Å². The quantitative estimate of drug-likeness (QED) is 0.577. The van der Waals surface area contributed by atoms with Crippen LogP contribution in [0.25, 0.3) is 16.7 Å². The number of nitrogens with zero attached hydrogens (tertiary/aromatic N) is 5. The van der Waals surface area contributed by atoms with Gasteiger partial charge in [-0.1, -0.05) is 12.1 Å². The molecular formula is C17H15N5OS. The molecule has 120 valence electrons. The first-order chi connectivity index (χ1) is 11.6. The van der Waals surface area contributed by atoms with Crippen LogP contribution >= 0.6 is 11.7 Å². The molecule has 0 aliphatic heterocycles. The molecule has 0 saturated heterocycles. The summed E-state index contributed by atoms with van der Waals surface area (Å²) in [5.41, 5.74) is 5.06. The molecule has 0 aliphatic rings. The summed E-state index contributed by atoms with van der Waals surface area (Å²) in [4.78, 5) is 18.8. The Hall–Kier alpha value is -2.80. The SMILES string of the molecule is Cc1cccn2cc(C(=O)N(C)Cc3ccc4nsnc4c3)nc12. The average Bonchev–Trinajstić information content (AvgIpc) is 3.20. The van der Waals surface area contributed by atoms with E-state index < -0.39 is 0 Å². The molecule has 6 nitrogen and oxygen atoms in total. The van der Waals surface area contributed by atoms with E-state index in [1.165, 1.54) is 11.7 Å². The zero-order valence-corrected chi connectivity index (χ0v) is 14.1. The van der Waals surface area contributed by atoms with Crippen LogP contribution in [0.3, 0.4) is 0 Å². The molecule has 0 spiro atoms. The zero-order chi connectivity index (χ0) is 16.7. The number of hydrogen-bond acceptors (Lipinski definition) is 5. The number of fused-ring (bicyclic) bond motifs is 2. The molecule has 0 bridgehead atoms. The lowest BCUT2D eigenvalue weighted by Gasteiger charge is -2.15. The largest absolute Gasteiger partial charge is 0.336 e. The standard InChI is InChI=1S/C17H15N5OS/c1-11-4-3-7-22-10-15(18-16(11)22)17(23)21(2)9-12-5-6-13-14(8-12)20-24-19-13/h3-8,10H,9H2,1-2H3. The van der Waals surface area contributed by atoms with Gasteiger partial charge >= 0.3 is 0 Å². The maximum atomic E-state index is 12.7. The van der Waals surface area contributed by atoms with E-state index in [1.807, 2.05) is 47.9 Å². The van der Waals surface area contributed by atoms with Crippen LogP contribution in [-0.2, 0) is 6.54 Å². The summed E-state index contributed by atoms with van der Waals surface area (Å²) in [6.45, 7) is 2.48. The third kappa shape index (κ3) is 2.52. The third-order valence-electron chi connectivity index (χ3n) is 3.98. The molecule has 3 heterocycles. The van der Waals surface area contributed by atoms with Gasteiger partial charge in [0.2, 0.25) is 0 Å². The zero-order valence-electron chi connectivity index (χ0n) is 13.3. The second-order valence-corrected chi connectivity index (χ2v) is 6.33. The highest BCUT2D eigenvalue weighted by molar-refractivity contribution is 7.00. The van der Waals surface area contributed by atoms with Crippen LogP contribution < -0.4 is 0 Å². The Morgan fingerprint density at radius 1 is 1.25 bits per heavy atom. The maximum Gasteiger partial charge on any atom is 0.274 e. The number of carbonyl (C=O) groups excluding carboxylic acids is 1. The predicted molar refractivity (Wildman–Crippen MR) is 93.1 cm³/mol. The van der Waals surface area contributed by atoms with E-state index in [4.69, 9.17) is 0 Å². The van der Waals surface area contributed by atoms with Crippen LogP contribution in [0, 0.1) is 6.92 Å². The number of aromatic nitrogens is 4. The van der Waals surface area contributed by atoms with Crippen LogP contribution in [0.1, 0.15) is 21.6 Å². The topological polar surface area (TPSA) is 63.4 Å². The molecule has 0 fully saturated rings. The van der Waals surface area contributed by atoms with Crippen molar-refractivity contribution in [2.75, 3.05) is 7.05 Å². The van der Waals surface area contributed by atoms with Gasteiger partial charge < -0.3 is 9.30 Å². The molecule has 1 amide bonds. The second kappa shape index (κ2) is 5.68. The van der Waals surface area contributed by atoms with Gasteiger partial charge in [-0.3, -0.25) is 4.79 Å². The molecule has 0 atom stereocenters. The predicted octanol–water partition coefficient (Wildman–Crippen LogP) is 2.92. The molecule has 0 N–H and O–H groups in total. The number of benzene rings is 1. The Morgan fingerprint density at radius 3 is 2.92 bits per heavy atom. The molecule has 7 heteroatoms. The van der Waals surface area contributed by atoms with E-state index in [0.29, 0.717) is 12.2 Å². The fourth-order valence-electron chi connectivity index (χ4n) is 2.72. The van der Waals surface area contributed by atoms with Gasteiger partial charge in [0.05, 0.1) is 11.7 Å². The molecule has 3 aromatic heterocycles. The van der Waals surface area contributed by atoms with Crippen molar-refractivity contribution in [2.45, 2.75) is 13.5 Å². The first-order valence-electron chi connectivity index (χ1n) is 7.53. The number of rotatable bonds is 3. The summed E-state index contributed by atoms with van der Waals surface area (Å²) < 4.78 is 10.3. The normalized spacial score (nSPS) is 11.2. The lowest BCUT2D eigenvalue weighted by molar-refractivity contribution is 0.0780. The number of imidazole rings is 1. The Labute approximate surface area is 142 Å². The van der Waals surface area contributed by atoms with E-state index in [0.717, 1.165) is 27.8 Å². The monoisotopic (exact) mass is 337 g/mol. The Bertz CT molecular complexity index is 1050. The molecule has 0 saturated carbocycles. The van der Waals surface area contributed by atoms with Crippen molar-refractivity contribution in [1.29, 1.82) is 0 Å². The van der Waals surface area contributed by atoms with Crippen LogP contribution in [-0.4, -0.2) is 36.0 Å². The van der Waals surface area contributed by atoms with Crippen molar-refractivity contribution < 1.29 is 4.79 Å². The van der Waals surface area contributed by atoms with Crippen LogP contribution in [0.4, 0.5) is 0 Å². The summed E-state index contributed by atoms with van der Waals surface area (Å²) >= 11 is 1.19. The molecule has 0 aliphatic carbocycles. The van der Waals surface area contributed by atoms with Gasteiger partial charge in [0.25, 0.3) is 5.91 Å². The van der Waals surface area contributed by atoms with Gasteiger partial charge in [0.15, 0.2) is 0 Å². The lowest BCUT2D eigenvalue weighted by Crippen LogP contribution is -2.26. The molecule has 24 heavy (non-hydrogen) atoms. The highest BCUT2D eigenvalue weighted by Gasteiger charge is 2.16. The fraction of sp³-hybridized carbons (Fsp3) is 0.176. The maximum absolute atomic E-state index is 12.7. The number of hydrogen-bond donors (Lipinski definition) is 0. The van der Waals surface area contributed by atoms with E-state index >= 15 is 0 Å². The first kappa shape index (κ1) is 14.8. The van der Waals surface area contributed by atoms with Crippen molar-refractivity contribution >= 4 is 34.3 Å². The summed E-state index contributed by atoms with van der Waals surface area (Å²) in [7, 11) is 1.78. The molecule has 1 aromatic carbocycles. The minimum absolute atomic E-state index is 0.102. The van der Waals surface area contributed by atoms with Gasteiger partial charge in [0, 0.05) is 26.0 Å². The molecular weight excluding hydrogens is 322 g/mol. The molecule has 4 rings (SSSR count). The molecule has 0 unspecified atom stereocenters. The van der Waals surface area contributed by atoms with Gasteiger partial charge in [0.1, 0.15) is 22.4 Å². The van der Waals surface area contributed by atoms with Crippen molar-refractivity contribution in [1.82, 2.24) is 23.0 Å². The summed E-state index contributed by atoms with van der Waals surface area (Å²) in [5, 5.41) is 0. The fourth-order valence-corrected chi connectivity index (χ4v) is 3.24. The Balaban J connectivity index is 1.59. The Morgan fingerprint density at radius 2 is 2.08 bits per heavy atom. The third-order valence-corrected chi connectivity index (χ3v) is 4.54. The van der Waals surface area contributed by atoms with E-state index in [1.54, 1.807) is 18.1 Å². The van der Waals surface area contributed by atoms with Gasteiger partial charge in [-0.15, -0.1) is 0 Å². The Kier molecular flexibility index (Phi) is 3.50. The average molecular weight is 337 g/mol. The van der Waals surface area contributed by atoms with Crippen molar-refractivity contribution in [3.63, 3.8) is 0 Å². The molecule has 4 aromatic rings. The highest BCUT2D eigenvalue weighted by atomic mass is 32.1. The van der Waals surface area contributed by atoms with Crippen LogP contribution in [0.5, 0.6) is 0 Å². The highest BCUT2D eigenvalue weighted by Crippen LogP contribution is 2.16. The van der Waals surface area contributed by atoms with E-state index in [-0.39, 0.29) is 5.91 Å². The molecule has 0 radical (unpaired) electrons. The smallest absolute Gasteiger partial charge is 0.274 e. The summed E-state index contributed by atoms with van der Waals surface area (Å²) in [6.07, 6.45) is 3.67. The van der Waals surface area contributed by atoms with Crippen molar-refractivity contribution in [3.05, 3.63) is 59.5 Å². The number of carbonyl (C=O) groups is 1. The van der Waals surface area contributed by atoms with Crippen molar-refractivity contribution in [2.24, 2.45) is 0 Å². The van der Waals surface area contributed by atoms with Gasteiger partial charge in [-0.2, -0.15) is 8.75 Å². The van der Waals surface area contributed by atoms with Gasteiger partial charge in [-0.25, -0.2) is 4.98 Å². The number of aryl methyl sites for hydroxylation is 1. The van der Waals surface area contributed by atoms with Crippen LogP contribution in [0.15, 0.2) is 42.7 Å². The minimum atomic E-state index is -0.102. The second-order valence-electron chi connectivity index (χ2n) is 5.80. The summed E-state index contributed by atoms with van der Waals surface area (Å²) in [6, 6.07) is 9.80. The summed E-state index contributed by atoms with van der Waals surface area (Å²) in [5.74, 6) is -0.102. The number of pyridine rings is 1. The van der Waals surface area contributed by atoms with Crippen molar-refractivity contribution in [3.8, 4) is 0 Å². The van der Waals surface area contributed by atoms with E-state index in [9.17, 15) is 4.79 Å². The lowest BCUT2D eigenvalue weighted by atomic mass is 10.2. The first-order valence-corrected chi connectivity index (χ1v) is 8.26. The number of amides is 1. The minimum Gasteiger partial charge on any atom is -0.336 e.